The van der Waals surface area contributed by atoms with Crippen LogP contribution < -0.4 is 5.43 Å². The van der Waals surface area contributed by atoms with E-state index in [2.05, 4.69) is 73.0 Å². The Morgan fingerprint density at radius 3 is 2.57 bits per heavy atom. The van der Waals surface area contributed by atoms with Crippen molar-refractivity contribution in [2.45, 2.75) is 38.0 Å². The molecule has 1 aliphatic carbocycles. The van der Waals surface area contributed by atoms with Crippen molar-refractivity contribution in [1.82, 2.24) is 10.4 Å². The molecule has 0 spiro atoms. The van der Waals surface area contributed by atoms with Gasteiger partial charge in [0.05, 0.1) is 0 Å². The number of allylic oxidation sites excluding steroid dienone is 2. The van der Waals surface area contributed by atoms with Gasteiger partial charge in [-0.1, -0.05) is 79.2 Å². The molecule has 1 aliphatic heterocycles. The van der Waals surface area contributed by atoms with Crippen LogP contribution in [0.1, 0.15) is 31.7 Å². The fourth-order valence-electron chi connectivity index (χ4n) is 3.67. The van der Waals surface area contributed by atoms with Crippen molar-refractivity contribution < 1.29 is 4.79 Å². The van der Waals surface area contributed by atoms with Crippen molar-refractivity contribution in [1.29, 1.82) is 0 Å². The number of rotatable bonds is 6. The Balaban J connectivity index is 1.34. The Labute approximate surface area is 171 Å². The Hall–Kier alpha value is -2.30. The van der Waals surface area contributed by atoms with Crippen molar-refractivity contribution in [2.24, 2.45) is 0 Å². The molecule has 0 saturated carbocycles. The minimum Gasteiger partial charge on any atom is -0.267 e. The van der Waals surface area contributed by atoms with Crippen molar-refractivity contribution in [2.75, 3.05) is 6.54 Å². The average Bonchev–Trinajstić information content (AvgIpc) is 3.14. The number of carbonyl (C=O) groups excluding carboxylic acids is 1. The summed E-state index contributed by atoms with van der Waals surface area (Å²) < 4.78 is 0. The van der Waals surface area contributed by atoms with Gasteiger partial charge >= 0.3 is 0 Å². The van der Waals surface area contributed by atoms with Crippen LogP contribution in [0.3, 0.4) is 0 Å². The van der Waals surface area contributed by atoms with E-state index in [-0.39, 0.29) is 10.6 Å². The zero-order valence-corrected chi connectivity index (χ0v) is 17.0. The lowest BCUT2D eigenvalue weighted by molar-refractivity contribution is 0.204. The lowest BCUT2D eigenvalue weighted by Gasteiger charge is -2.20. The predicted molar refractivity (Wildman–Crippen MR) is 118 cm³/mol. The molecule has 1 fully saturated rings. The monoisotopic (exact) mass is 390 g/mol. The predicted octanol–water partition coefficient (Wildman–Crippen LogP) is 5.95. The molecule has 1 atom stereocenters. The Bertz CT molecular complexity index is 887. The molecule has 28 heavy (non-hydrogen) atoms. The van der Waals surface area contributed by atoms with Gasteiger partial charge < -0.3 is 0 Å². The maximum Gasteiger partial charge on any atom is 0.297 e. The molecule has 4 heteroatoms. The normalized spacial score (nSPS) is 19.5. The van der Waals surface area contributed by atoms with Crippen LogP contribution in [0.2, 0.25) is 0 Å². The lowest BCUT2D eigenvalue weighted by Crippen LogP contribution is -2.39. The lowest BCUT2D eigenvalue weighted by atomic mass is 9.97. The van der Waals surface area contributed by atoms with Crippen molar-refractivity contribution in [3.05, 3.63) is 83.5 Å². The first kappa shape index (κ1) is 19.0. The summed E-state index contributed by atoms with van der Waals surface area (Å²) in [7, 11) is 0. The fraction of sp³-hybridized carbons (Fsp3) is 0.292. The summed E-state index contributed by atoms with van der Waals surface area (Å²) in [5.74, 6) is 0. The molecule has 2 aromatic rings. The first-order chi connectivity index (χ1) is 13.7. The highest BCUT2D eigenvalue weighted by Gasteiger charge is 2.32. The third-order valence-corrected chi connectivity index (χ3v) is 6.41. The first-order valence-corrected chi connectivity index (χ1v) is 10.9. The van der Waals surface area contributed by atoms with E-state index >= 15 is 0 Å². The van der Waals surface area contributed by atoms with E-state index in [1.54, 1.807) is 5.01 Å². The van der Waals surface area contributed by atoms with E-state index in [1.807, 2.05) is 6.07 Å². The summed E-state index contributed by atoms with van der Waals surface area (Å²) in [4.78, 5) is 12.4. The highest BCUT2D eigenvalue weighted by Crippen LogP contribution is 2.31. The number of amides is 1. The van der Waals surface area contributed by atoms with Crippen LogP contribution in [0.5, 0.6) is 0 Å². The average molecular weight is 391 g/mol. The number of hydrogen-bond donors (Lipinski definition) is 1. The topological polar surface area (TPSA) is 32.3 Å². The van der Waals surface area contributed by atoms with Crippen molar-refractivity contribution in [3.63, 3.8) is 0 Å². The number of carbonyl (C=O) groups is 1. The first-order valence-electron chi connectivity index (χ1n) is 10.0. The van der Waals surface area contributed by atoms with Gasteiger partial charge in [-0.05, 0) is 59.7 Å². The number of hydrazine groups is 1. The number of nitrogens with zero attached hydrogens (tertiary/aromatic N) is 1. The smallest absolute Gasteiger partial charge is 0.267 e. The standard InChI is InChI=1S/C24H26N2OS/c1-2-18-7-6-10-22(17-18)23-25-26(24(27)28-23)16-15-19-11-13-21(14-12-19)20-8-4-3-5-9-20/h3-5,8-14,17,23,25H,2,6-7,15-16H2,1H3. The molecular formula is C24H26N2OS. The zero-order chi connectivity index (χ0) is 19.3. The molecule has 1 N–H and O–H groups in total. The second-order valence-corrected chi connectivity index (χ2v) is 8.31. The third-order valence-electron chi connectivity index (χ3n) is 5.37. The van der Waals surface area contributed by atoms with Gasteiger partial charge in [-0.25, -0.2) is 5.43 Å². The molecule has 1 unspecified atom stereocenters. The molecule has 1 saturated heterocycles. The van der Waals surface area contributed by atoms with Gasteiger partial charge in [-0.15, -0.1) is 0 Å². The molecular weight excluding hydrogens is 364 g/mol. The van der Waals surface area contributed by atoms with Gasteiger partial charge in [0.2, 0.25) is 0 Å². The molecule has 1 amide bonds. The van der Waals surface area contributed by atoms with Crippen molar-refractivity contribution in [3.8, 4) is 11.1 Å². The number of hydrogen-bond acceptors (Lipinski definition) is 3. The highest BCUT2D eigenvalue weighted by molar-refractivity contribution is 8.14. The molecule has 1 heterocycles. The van der Waals surface area contributed by atoms with E-state index in [0.717, 1.165) is 25.7 Å². The van der Waals surface area contributed by atoms with Crippen LogP contribution in [0, 0.1) is 0 Å². The minimum atomic E-state index is 0.0507. The van der Waals surface area contributed by atoms with Crippen LogP contribution in [0.4, 0.5) is 4.79 Å². The van der Waals surface area contributed by atoms with E-state index in [1.165, 1.54) is 39.6 Å². The van der Waals surface area contributed by atoms with Gasteiger partial charge in [0.15, 0.2) is 0 Å². The van der Waals surface area contributed by atoms with E-state index in [4.69, 9.17) is 0 Å². The van der Waals surface area contributed by atoms with E-state index in [0.29, 0.717) is 6.54 Å². The maximum atomic E-state index is 12.4. The number of benzene rings is 2. The molecule has 4 rings (SSSR count). The Morgan fingerprint density at radius 2 is 1.82 bits per heavy atom. The maximum absolute atomic E-state index is 12.4. The molecule has 144 valence electrons. The number of nitrogens with one attached hydrogen (secondary N) is 1. The van der Waals surface area contributed by atoms with E-state index in [9.17, 15) is 4.79 Å². The van der Waals surface area contributed by atoms with Gasteiger partial charge in [-0.2, -0.15) is 0 Å². The van der Waals surface area contributed by atoms with Crippen LogP contribution in [0.25, 0.3) is 11.1 Å². The van der Waals surface area contributed by atoms with Gasteiger partial charge in [-0.3, -0.25) is 9.80 Å². The second-order valence-electron chi connectivity index (χ2n) is 7.26. The van der Waals surface area contributed by atoms with Crippen LogP contribution in [0.15, 0.2) is 77.9 Å². The Morgan fingerprint density at radius 1 is 1.07 bits per heavy atom. The fourth-order valence-corrected chi connectivity index (χ4v) is 4.62. The van der Waals surface area contributed by atoms with Crippen LogP contribution >= 0.6 is 11.8 Å². The largest absolute Gasteiger partial charge is 0.297 e. The highest BCUT2D eigenvalue weighted by atomic mass is 32.2. The van der Waals surface area contributed by atoms with Crippen LogP contribution in [-0.4, -0.2) is 22.2 Å². The third kappa shape index (κ3) is 4.40. The molecule has 2 aromatic carbocycles. The van der Waals surface area contributed by atoms with Crippen LogP contribution in [-0.2, 0) is 6.42 Å². The molecule has 2 aliphatic rings. The molecule has 3 nitrogen and oxygen atoms in total. The zero-order valence-electron chi connectivity index (χ0n) is 16.2. The van der Waals surface area contributed by atoms with Gasteiger partial charge in [0.25, 0.3) is 5.24 Å². The SMILES string of the molecule is CCC1=CC(C2NN(CCc3ccc(-c4ccccc4)cc3)C(=O)S2)=CCC1. The summed E-state index contributed by atoms with van der Waals surface area (Å²) in [5.41, 5.74) is 9.81. The molecule has 0 bridgehead atoms. The molecule has 0 aromatic heterocycles. The number of thioether (sulfide) groups is 1. The summed E-state index contributed by atoms with van der Waals surface area (Å²) in [6, 6.07) is 19.0. The summed E-state index contributed by atoms with van der Waals surface area (Å²) >= 11 is 1.39. The molecule has 0 radical (unpaired) electrons. The minimum absolute atomic E-state index is 0.0507. The van der Waals surface area contributed by atoms with Gasteiger partial charge in [0, 0.05) is 6.54 Å². The Kier molecular flexibility index (Phi) is 5.98. The van der Waals surface area contributed by atoms with Crippen molar-refractivity contribution >= 4 is 17.0 Å². The summed E-state index contributed by atoms with van der Waals surface area (Å²) in [6.07, 6.45) is 8.70. The van der Waals surface area contributed by atoms with E-state index < -0.39 is 0 Å². The second kappa shape index (κ2) is 8.80. The summed E-state index contributed by atoms with van der Waals surface area (Å²) in [5, 5.41) is 1.94. The quantitative estimate of drug-likeness (QED) is 0.661. The summed E-state index contributed by atoms with van der Waals surface area (Å²) in [6.45, 7) is 2.88. The van der Waals surface area contributed by atoms with Gasteiger partial charge in [0.1, 0.15) is 5.37 Å².